The van der Waals surface area contributed by atoms with Crippen molar-refractivity contribution in [1.29, 1.82) is 0 Å². The summed E-state index contributed by atoms with van der Waals surface area (Å²) in [6.45, 7) is 7.95. The number of aliphatic hydroxyl groups is 1. The molecule has 0 saturated carbocycles. The Kier molecular flexibility index (Phi) is 4.85. The molecule has 1 heterocycles. The van der Waals surface area contributed by atoms with E-state index in [-0.39, 0.29) is 6.10 Å². The molecule has 86 valence electrons. The van der Waals surface area contributed by atoms with Gasteiger partial charge >= 0.3 is 0 Å². The van der Waals surface area contributed by atoms with E-state index in [0.717, 1.165) is 19.5 Å². The van der Waals surface area contributed by atoms with E-state index >= 15 is 0 Å². The van der Waals surface area contributed by atoms with Gasteiger partial charge < -0.3 is 15.0 Å². The summed E-state index contributed by atoms with van der Waals surface area (Å²) < 4.78 is 2.16. The first kappa shape index (κ1) is 12.3. The van der Waals surface area contributed by atoms with Crippen molar-refractivity contribution < 1.29 is 5.11 Å². The molecule has 15 heavy (non-hydrogen) atoms. The van der Waals surface area contributed by atoms with Crippen molar-refractivity contribution >= 4 is 0 Å². The van der Waals surface area contributed by atoms with Crippen LogP contribution in [0.4, 0.5) is 0 Å². The lowest BCUT2D eigenvalue weighted by Gasteiger charge is -2.14. The average molecular weight is 210 g/mol. The van der Waals surface area contributed by atoms with Crippen LogP contribution in [0.3, 0.4) is 0 Å². The Morgan fingerprint density at radius 3 is 2.73 bits per heavy atom. The highest BCUT2D eigenvalue weighted by Crippen LogP contribution is 2.03. The highest BCUT2D eigenvalue weighted by Gasteiger charge is 2.05. The van der Waals surface area contributed by atoms with Crippen LogP contribution in [0.15, 0.2) is 18.5 Å². The third kappa shape index (κ3) is 4.49. The van der Waals surface area contributed by atoms with Crippen LogP contribution in [0.1, 0.15) is 32.8 Å². The highest BCUT2D eigenvalue weighted by atomic mass is 16.3. The molecule has 0 saturated heterocycles. The van der Waals surface area contributed by atoms with Crippen LogP contribution < -0.4 is 5.32 Å². The Morgan fingerprint density at radius 1 is 1.47 bits per heavy atom. The third-order valence-electron chi connectivity index (χ3n) is 2.53. The van der Waals surface area contributed by atoms with Crippen molar-refractivity contribution in [2.75, 3.05) is 0 Å². The molecule has 3 nitrogen and oxygen atoms in total. The number of nitrogens with one attached hydrogen (secondary N) is 1. The second kappa shape index (κ2) is 5.93. The van der Waals surface area contributed by atoms with Crippen LogP contribution in [-0.2, 0) is 13.1 Å². The zero-order valence-electron chi connectivity index (χ0n) is 9.90. The standard InChI is InChI=1S/C12H22N2O/c1-4-14-6-5-12(9-14)8-13-10(2)7-11(3)15/h5-6,9-11,13,15H,4,7-8H2,1-3H3. The van der Waals surface area contributed by atoms with Gasteiger partial charge in [-0.15, -0.1) is 0 Å². The van der Waals surface area contributed by atoms with E-state index < -0.39 is 0 Å². The summed E-state index contributed by atoms with van der Waals surface area (Å²) >= 11 is 0. The monoisotopic (exact) mass is 210 g/mol. The minimum Gasteiger partial charge on any atom is -0.393 e. The lowest BCUT2D eigenvalue weighted by Crippen LogP contribution is -2.28. The van der Waals surface area contributed by atoms with Crippen molar-refractivity contribution in [2.45, 2.75) is 52.4 Å². The van der Waals surface area contributed by atoms with Gasteiger partial charge in [0.15, 0.2) is 0 Å². The quantitative estimate of drug-likeness (QED) is 0.750. The first-order chi connectivity index (χ1) is 7.11. The molecular weight excluding hydrogens is 188 g/mol. The van der Waals surface area contributed by atoms with Gasteiger partial charge in [-0.25, -0.2) is 0 Å². The third-order valence-corrected chi connectivity index (χ3v) is 2.53. The topological polar surface area (TPSA) is 37.2 Å². The lowest BCUT2D eigenvalue weighted by molar-refractivity contribution is 0.170. The highest BCUT2D eigenvalue weighted by molar-refractivity contribution is 5.09. The van der Waals surface area contributed by atoms with Crippen molar-refractivity contribution in [3.63, 3.8) is 0 Å². The van der Waals surface area contributed by atoms with Gasteiger partial charge in [-0.3, -0.25) is 0 Å². The van der Waals surface area contributed by atoms with Crippen LogP contribution in [-0.4, -0.2) is 21.8 Å². The van der Waals surface area contributed by atoms with Crippen molar-refractivity contribution in [3.05, 3.63) is 24.0 Å². The van der Waals surface area contributed by atoms with Gasteiger partial charge in [0.25, 0.3) is 0 Å². The Hall–Kier alpha value is -0.800. The van der Waals surface area contributed by atoms with Crippen LogP contribution in [0.5, 0.6) is 0 Å². The number of nitrogens with zero attached hydrogens (tertiary/aromatic N) is 1. The second-order valence-electron chi connectivity index (χ2n) is 4.22. The van der Waals surface area contributed by atoms with Gasteiger partial charge in [0, 0.05) is 31.5 Å². The molecule has 0 spiro atoms. The van der Waals surface area contributed by atoms with Gasteiger partial charge in [-0.2, -0.15) is 0 Å². The molecule has 0 fully saturated rings. The van der Waals surface area contributed by atoms with Crippen molar-refractivity contribution in [1.82, 2.24) is 9.88 Å². The Balaban J connectivity index is 2.30. The van der Waals surface area contributed by atoms with Gasteiger partial charge in [-0.1, -0.05) is 0 Å². The van der Waals surface area contributed by atoms with E-state index in [2.05, 4.69) is 42.2 Å². The molecule has 0 amide bonds. The number of hydrogen-bond acceptors (Lipinski definition) is 2. The van der Waals surface area contributed by atoms with E-state index in [0.29, 0.717) is 6.04 Å². The fraction of sp³-hybridized carbons (Fsp3) is 0.667. The summed E-state index contributed by atoms with van der Waals surface area (Å²) in [4.78, 5) is 0. The predicted octanol–water partition coefficient (Wildman–Crippen LogP) is 1.76. The SMILES string of the molecule is CCn1ccc(CNC(C)CC(C)O)c1. The summed E-state index contributed by atoms with van der Waals surface area (Å²) in [5.74, 6) is 0. The summed E-state index contributed by atoms with van der Waals surface area (Å²) in [6, 6.07) is 2.49. The normalized spacial score (nSPS) is 15.2. The predicted molar refractivity (Wildman–Crippen MR) is 62.7 cm³/mol. The molecule has 1 aromatic heterocycles. The fourth-order valence-corrected chi connectivity index (χ4v) is 1.68. The molecule has 2 atom stereocenters. The maximum Gasteiger partial charge on any atom is 0.0526 e. The maximum atomic E-state index is 9.22. The minimum absolute atomic E-state index is 0.229. The molecule has 1 aromatic rings. The number of aromatic nitrogens is 1. The number of rotatable bonds is 6. The molecule has 0 aromatic carbocycles. The Bertz CT molecular complexity index is 281. The van der Waals surface area contributed by atoms with Gasteiger partial charge in [0.2, 0.25) is 0 Å². The number of aryl methyl sites for hydroxylation is 1. The molecule has 2 N–H and O–H groups in total. The summed E-state index contributed by atoms with van der Waals surface area (Å²) in [7, 11) is 0. The van der Waals surface area contributed by atoms with Gasteiger partial charge in [0.1, 0.15) is 0 Å². The van der Waals surface area contributed by atoms with Crippen LogP contribution in [0.2, 0.25) is 0 Å². The van der Waals surface area contributed by atoms with E-state index in [1.165, 1.54) is 5.56 Å². The summed E-state index contributed by atoms with van der Waals surface area (Å²) in [6.07, 6.45) is 4.82. The molecule has 0 aliphatic heterocycles. The van der Waals surface area contributed by atoms with Crippen LogP contribution in [0, 0.1) is 0 Å². The average Bonchev–Trinajstić information content (AvgIpc) is 2.61. The van der Waals surface area contributed by atoms with Crippen molar-refractivity contribution in [3.8, 4) is 0 Å². The van der Waals surface area contributed by atoms with Gasteiger partial charge in [0.05, 0.1) is 6.10 Å². The molecule has 2 unspecified atom stereocenters. The zero-order chi connectivity index (χ0) is 11.3. The van der Waals surface area contributed by atoms with E-state index in [1.54, 1.807) is 0 Å². The summed E-state index contributed by atoms with van der Waals surface area (Å²) in [5, 5.41) is 12.6. The minimum atomic E-state index is -0.229. The molecule has 0 aliphatic rings. The van der Waals surface area contributed by atoms with Crippen molar-refractivity contribution in [2.24, 2.45) is 0 Å². The maximum absolute atomic E-state index is 9.22. The fourth-order valence-electron chi connectivity index (χ4n) is 1.68. The van der Waals surface area contributed by atoms with Crippen LogP contribution >= 0.6 is 0 Å². The smallest absolute Gasteiger partial charge is 0.0526 e. The van der Waals surface area contributed by atoms with E-state index in [9.17, 15) is 5.11 Å². The Labute approximate surface area is 92.1 Å². The Morgan fingerprint density at radius 2 is 2.20 bits per heavy atom. The van der Waals surface area contributed by atoms with Gasteiger partial charge in [-0.05, 0) is 38.8 Å². The molecule has 1 rings (SSSR count). The second-order valence-corrected chi connectivity index (χ2v) is 4.22. The summed E-state index contributed by atoms with van der Waals surface area (Å²) in [5.41, 5.74) is 1.30. The first-order valence-corrected chi connectivity index (χ1v) is 5.68. The lowest BCUT2D eigenvalue weighted by atomic mass is 10.1. The first-order valence-electron chi connectivity index (χ1n) is 5.68. The largest absolute Gasteiger partial charge is 0.393 e. The zero-order valence-corrected chi connectivity index (χ0v) is 9.90. The molecule has 0 aliphatic carbocycles. The molecular formula is C12H22N2O. The molecule has 0 bridgehead atoms. The van der Waals surface area contributed by atoms with Crippen LogP contribution in [0.25, 0.3) is 0 Å². The molecule has 3 heteroatoms. The van der Waals surface area contributed by atoms with E-state index in [1.807, 2.05) is 6.92 Å². The number of hydrogen-bond donors (Lipinski definition) is 2. The molecule has 0 radical (unpaired) electrons. The van der Waals surface area contributed by atoms with E-state index in [4.69, 9.17) is 0 Å². The number of aliphatic hydroxyl groups excluding tert-OH is 1.